The van der Waals surface area contributed by atoms with Crippen LogP contribution in [0.2, 0.25) is 0 Å². The van der Waals surface area contributed by atoms with E-state index < -0.39 is 0 Å². The van der Waals surface area contributed by atoms with Gasteiger partial charge in [0.2, 0.25) is 5.89 Å². The maximum atomic E-state index is 5.62. The summed E-state index contributed by atoms with van der Waals surface area (Å²) in [7, 11) is 3.70. The summed E-state index contributed by atoms with van der Waals surface area (Å²) >= 11 is 0. The van der Waals surface area contributed by atoms with Gasteiger partial charge in [0.1, 0.15) is 12.0 Å². The van der Waals surface area contributed by atoms with E-state index >= 15 is 0 Å². The number of likely N-dealkylation sites (N-methyl/N-ethyl adjacent to an activating group) is 1. The first-order chi connectivity index (χ1) is 10.8. The number of nitrogens with zero attached hydrogens (tertiary/aromatic N) is 2. The van der Waals surface area contributed by atoms with Gasteiger partial charge in [0.05, 0.1) is 12.8 Å². The molecular formula is C17H24ClN3O2. The van der Waals surface area contributed by atoms with Gasteiger partial charge in [-0.1, -0.05) is 0 Å². The van der Waals surface area contributed by atoms with Gasteiger partial charge in [-0.25, -0.2) is 4.98 Å². The molecule has 1 unspecified atom stereocenters. The number of rotatable bonds is 5. The lowest BCUT2D eigenvalue weighted by Gasteiger charge is -2.31. The van der Waals surface area contributed by atoms with Crippen LogP contribution in [0.3, 0.4) is 0 Å². The molecule has 1 fully saturated rings. The van der Waals surface area contributed by atoms with E-state index in [9.17, 15) is 0 Å². The molecular weight excluding hydrogens is 314 g/mol. The number of ether oxygens (including phenoxy) is 1. The van der Waals surface area contributed by atoms with Crippen LogP contribution in [-0.4, -0.2) is 43.2 Å². The molecule has 1 atom stereocenters. The molecule has 23 heavy (non-hydrogen) atoms. The Balaban J connectivity index is 0.00000192. The highest BCUT2D eigenvalue weighted by Crippen LogP contribution is 2.22. The molecule has 0 saturated carbocycles. The van der Waals surface area contributed by atoms with Gasteiger partial charge < -0.3 is 14.5 Å². The van der Waals surface area contributed by atoms with Crippen LogP contribution in [0.15, 0.2) is 34.9 Å². The van der Waals surface area contributed by atoms with Crippen molar-refractivity contribution in [2.45, 2.75) is 25.4 Å². The van der Waals surface area contributed by atoms with E-state index in [-0.39, 0.29) is 12.4 Å². The van der Waals surface area contributed by atoms with Gasteiger partial charge in [0.15, 0.2) is 0 Å². The van der Waals surface area contributed by atoms with E-state index in [0.717, 1.165) is 36.6 Å². The highest BCUT2D eigenvalue weighted by Gasteiger charge is 2.19. The van der Waals surface area contributed by atoms with E-state index in [0.29, 0.717) is 11.9 Å². The van der Waals surface area contributed by atoms with E-state index in [1.165, 1.54) is 12.8 Å². The monoisotopic (exact) mass is 337 g/mol. The van der Waals surface area contributed by atoms with Gasteiger partial charge in [-0.05, 0) is 50.7 Å². The molecule has 0 aliphatic carbocycles. The topological polar surface area (TPSA) is 50.5 Å². The molecule has 1 aromatic carbocycles. The zero-order valence-corrected chi connectivity index (χ0v) is 14.4. The Morgan fingerprint density at radius 2 is 2.13 bits per heavy atom. The van der Waals surface area contributed by atoms with Crippen molar-refractivity contribution in [3.8, 4) is 17.2 Å². The molecule has 1 saturated heterocycles. The van der Waals surface area contributed by atoms with Crippen molar-refractivity contribution in [3.05, 3.63) is 36.2 Å². The van der Waals surface area contributed by atoms with Crippen molar-refractivity contribution >= 4 is 12.4 Å². The molecule has 0 spiro atoms. The SMILES string of the molecule is CNC1CCCN(Cc2coc(-c3ccc(OC)cc3)n2)C1.Cl. The molecule has 1 aliphatic rings. The van der Waals surface area contributed by atoms with Crippen LogP contribution in [-0.2, 0) is 6.54 Å². The predicted molar refractivity (Wildman–Crippen MR) is 93.1 cm³/mol. The van der Waals surface area contributed by atoms with Crippen molar-refractivity contribution in [3.63, 3.8) is 0 Å². The third-order valence-electron chi connectivity index (χ3n) is 4.19. The van der Waals surface area contributed by atoms with Gasteiger partial charge in [0.25, 0.3) is 0 Å². The molecule has 2 aromatic rings. The van der Waals surface area contributed by atoms with E-state index in [4.69, 9.17) is 9.15 Å². The second kappa shape index (κ2) is 8.34. The Morgan fingerprint density at radius 1 is 1.35 bits per heavy atom. The summed E-state index contributed by atoms with van der Waals surface area (Å²) in [6, 6.07) is 8.35. The molecule has 1 N–H and O–H groups in total. The maximum Gasteiger partial charge on any atom is 0.226 e. The molecule has 1 aliphatic heterocycles. The smallest absolute Gasteiger partial charge is 0.226 e. The maximum absolute atomic E-state index is 5.62. The molecule has 1 aromatic heterocycles. The Bertz CT molecular complexity index is 600. The van der Waals surface area contributed by atoms with Gasteiger partial charge >= 0.3 is 0 Å². The van der Waals surface area contributed by atoms with Crippen LogP contribution in [0, 0.1) is 0 Å². The summed E-state index contributed by atoms with van der Waals surface area (Å²) in [6.45, 7) is 3.04. The van der Waals surface area contributed by atoms with Crippen molar-refractivity contribution in [1.82, 2.24) is 15.2 Å². The van der Waals surface area contributed by atoms with Crippen molar-refractivity contribution in [1.29, 1.82) is 0 Å². The Labute approximate surface area is 143 Å². The number of methoxy groups -OCH3 is 1. The molecule has 126 valence electrons. The first-order valence-electron chi connectivity index (χ1n) is 7.77. The van der Waals surface area contributed by atoms with Gasteiger partial charge in [-0.15, -0.1) is 12.4 Å². The summed E-state index contributed by atoms with van der Waals surface area (Å²) in [5, 5.41) is 3.36. The molecule has 0 bridgehead atoms. The number of halogens is 1. The molecule has 6 heteroatoms. The lowest BCUT2D eigenvalue weighted by atomic mass is 10.1. The van der Waals surface area contributed by atoms with Crippen LogP contribution >= 0.6 is 12.4 Å². The summed E-state index contributed by atoms with van der Waals surface area (Å²) < 4.78 is 10.8. The Morgan fingerprint density at radius 3 is 2.83 bits per heavy atom. The summed E-state index contributed by atoms with van der Waals surface area (Å²) in [5.41, 5.74) is 1.96. The van der Waals surface area contributed by atoms with E-state index in [1.54, 1.807) is 13.4 Å². The van der Waals surface area contributed by atoms with Gasteiger partial charge in [0, 0.05) is 24.7 Å². The minimum Gasteiger partial charge on any atom is -0.497 e. The average molecular weight is 338 g/mol. The summed E-state index contributed by atoms with van der Waals surface area (Å²) in [4.78, 5) is 7.04. The summed E-state index contributed by atoms with van der Waals surface area (Å²) in [6.07, 6.45) is 4.25. The first-order valence-corrected chi connectivity index (χ1v) is 7.77. The quantitative estimate of drug-likeness (QED) is 0.909. The molecule has 0 amide bonds. The number of aromatic nitrogens is 1. The number of likely N-dealkylation sites (tertiary alicyclic amines) is 1. The van der Waals surface area contributed by atoms with Crippen LogP contribution in [0.4, 0.5) is 0 Å². The summed E-state index contributed by atoms with van der Waals surface area (Å²) in [5.74, 6) is 1.50. The van der Waals surface area contributed by atoms with Crippen molar-refractivity contribution < 1.29 is 9.15 Å². The second-order valence-corrected chi connectivity index (χ2v) is 5.74. The van der Waals surface area contributed by atoms with Gasteiger partial charge in [-0.2, -0.15) is 0 Å². The third-order valence-corrected chi connectivity index (χ3v) is 4.19. The fourth-order valence-electron chi connectivity index (χ4n) is 2.91. The highest BCUT2D eigenvalue weighted by atomic mass is 35.5. The number of nitrogens with one attached hydrogen (secondary N) is 1. The number of hydrogen-bond donors (Lipinski definition) is 1. The number of hydrogen-bond acceptors (Lipinski definition) is 5. The standard InChI is InChI=1S/C17H23N3O2.ClH/c1-18-14-4-3-9-20(10-14)11-15-12-22-17(19-15)13-5-7-16(21-2)8-6-13;/h5-8,12,14,18H,3-4,9-11H2,1-2H3;1H. The highest BCUT2D eigenvalue weighted by molar-refractivity contribution is 5.85. The van der Waals surface area contributed by atoms with Crippen LogP contribution < -0.4 is 10.1 Å². The number of oxazole rings is 1. The average Bonchev–Trinajstić information content (AvgIpc) is 3.03. The van der Waals surface area contributed by atoms with Crippen molar-refractivity contribution in [2.75, 3.05) is 27.2 Å². The largest absolute Gasteiger partial charge is 0.497 e. The van der Waals surface area contributed by atoms with E-state index in [1.807, 2.05) is 31.3 Å². The number of piperidine rings is 1. The zero-order valence-electron chi connectivity index (χ0n) is 13.6. The Hall–Kier alpha value is -1.56. The minimum absolute atomic E-state index is 0. The first kappa shape index (κ1) is 17.8. The van der Waals surface area contributed by atoms with Gasteiger partial charge in [-0.3, -0.25) is 4.90 Å². The Kier molecular flexibility index (Phi) is 6.45. The second-order valence-electron chi connectivity index (χ2n) is 5.74. The number of benzene rings is 1. The third kappa shape index (κ3) is 4.47. The lowest BCUT2D eigenvalue weighted by Crippen LogP contribution is -2.43. The van der Waals surface area contributed by atoms with Crippen molar-refractivity contribution in [2.24, 2.45) is 0 Å². The van der Waals surface area contributed by atoms with Crippen LogP contribution in [0.25, 0.3) is 11.5 Å². The molecule has 5 nitrogen and oxygen atoms in total. The fraction of sp³-hybridized carbons (Fsp3) is 0.471. The molecule has 2 heterocycles. The molecule has 0 radical (unpaired) electrons. The lowest BCUT2D eigenvalue weighted by molar-refractivity contribution is 0.186. The fourth-order valence-corrected chi connectivity index (χ4v) is 2.91. The molecule has 3 rings (SSSR count). The van der Waals surface area contributed by atoms with Crippen LogP contribution in [0.5, 0.6) is 5.75 Å². The zero-order chi connectivity index (χ0) is 15.4. The van der Waals surface area contributed by atoms with Crippen LogP contribution in [0.1, 0.15) is 18.5 Å². The minimum atomic E-state index is 0. The predicted octanol–water partition coefficient (Wildman–Crippen LogP) is 2.96. The van der Waals surface area contributed by atoms with E-state index in [2.05, 4.69) is 15.2 Å². The normalized spacial score (nSPS) is 18.4.